The summed E-state index contributed by atoms with van der Waals surface area (Å²) in [5, 5.41) is 6.19. The van der Waals surface area contributed by atoms with E-state index in [-0.39, 0.29) is 6.54 Å². The van der Waals surface area contributed by atoms with Crippen molar-refractivity contribution in [1.29, 1.82) is 0 Å². The number of hydrogen-bond acceptors (Lipinski definition) is 5. The molecule has 1 heterocycles. The van der Waals surface area contributed by atoms with Crippen molar-refractivity contribution in [2.24, 2.45) is 5.10 Å². The van der Waals surface area contributed by atoms with Crippen LogP contribution in [0.3, 0.4) is 0 Å². The second-order valence-electron chi connectivity index (χ2n) is 5.23. The Morgan fingerprint density at radius 2 is 2.00 bits per heavy atom. The normalized spacial score (nSPS) is 10.6. The van der Waals surface area contributed by atoms with E-state index in [1.54, 1.807) is 12.1 Å². The Balaban J connectivity index is 1.73. The summed E-state index contributed by atoms with van der Waals surface area (Å²) in [7, 11) is 0. The molecule has 0 radical (unpaired) electrons. The molecule has 0 aliphatic rings. The Bertz CT molecular complexity index is 694. The summed E-state index contributed by atoms with van der Waals surface area (Å²) in [5.41, 5.74) is 2.95. The minimum Gasteiger partial charge on any atom is -0.494 e. The van der Waals surface area contributed by atoms with Crippen molar-refractivity contribution in [3.8, 4) is 5.75 Å². The van der Waals surface area contributed by atoms with Crippen LogP contribution in [0.2, 0.25) is 0 Å². The second kappa shape index (κ2) is 9.92. The molecule has 1 aromatic heterocycles. The van der Waals surface area contributed by atoms with Crippen molar-refractivity contribution in [3.05, 3.63) is 54.0 Å². The predicted octanol–water partition coefficient (Wildman–Crippen LogP) is 2.22. The lowest BCUT2D eigenvalue weighted by Gasteiger charge is -2.05. The number of rotatable bonds is 8. The van der Waals surface area contributed by atoms with Crippen molar-refractivity contribution in [2.75, 3.05) is 6.61 Å². The molecule has 2 amide bonds. The fraction of sp³-hybridized carbons (Fsp3) is 0.278. The molecule has 132 valence electrons. The average molecular weight is 343 g/mol. The molecule has 1 aromatic carbocycles. The molecule has 2 aromatic rings. The highest BCUT2D eigenvalue weighted by Crippen LogP contribution is 2.11. The maximum Gasteiger partial charge on any atom is 0.329 e. The molecule has 2 rings (SSSR count). The molecule has 0 bridgehead atoms. The summed E-state index contributed by atoms with van der Waals surface area (Å²) >= 11 is 0. The van der Waals surface area contributed by atoms with Crippen molar-refractivity contribution < 1.29 is 18.7 Å². The third kappa shape index (κ3) is 6.50. The molecule has 0 saturated heterocycles. The highest BCUT2D eigenvalue weighted by molar-refractivity contribution is 6.35. The predicted molar refractivity (Wildman–Crippen MR) is 93.1 cm³/mol. The van der Waals surface area contributed by atoms with Gasteiger partial charge in [0.2, 0.25) is 0 Å². The lowest BCUT2D eigenvalue weighted by Crippen LogP contribution is -2.37. The Kier molecular flexibility index (Phi) is 7.24. The zero-order valence-electron chi connectivity index (χ0n) is 14.0. The van der Waals surface area contributed by atoms with Gasteiger partial charge in [-0.15, -0.1) is 0 Å². The van der Waals surface area contributed by atoms with Crippen molar-refractivity contribution in [1.82, 2.24) is 10.7 Å². The van der Waals surface area contributed by atoms with Gasteiger partial charge in [0.05, 0.1) is 25.6 Å². The van der Waals surface area contributed by atoms with Crippen molar-refractivity contribution in [3.63, 3.8) is 0 Å². The molecule has 7 nitrogen and oxygen atoms in total. The number of ether oxygens (including phenoxy) is 1. The third-order valence-corrected chi connectivity index (χ3v) is 3.24. The first-order valence-electron chi connectivity index (χ1n) is 8.05. The Morgan fingerprint density at radius 3 is 2.68 bits per heavy atom. The zero-order valence-corrected chi connectivity index (χ0v) is 14.0. The molecule has 25 heavy (non-hydrogen) atoms. The molecule has 0 aliphatic heterocycles. The van der Waals surface area contributed by atoms with Gasteiger partial charge in [-0.3, -0.25) is 9.59 Å². The van der Waals surface area contributed by atoms with Gasteiger partial charge >= 0.3 is 11.8 Å². The van der Waals surface area contributed by atoms with Gasteiger partial charge in [-0.25, -0.2) is 5.43 Å². The number of nitrogens with one attached hydrogen (secondary N) is 2. The number of nitrogens with zero attached hydrogens (tertiary/aromatic N) is 1. The first kappa shape index (κ1) is 18.3. The smallest absolute Gasteiger partial charge is 0.329 e. The molecule has 0 unspecified atom stereocenters. The van der Waals surface area contributed by atoms with Crippen LogP contribution in [0.15, 0.2) is 52.2 Å². The molecule has 2 N–H and O–H groups in total. The first-order chi connectivity index (χ1) is 12.2. The number of hydrazone groups is 1. The summed E-state index contributed by atoms with van der Waals surface area (Å²) in [6, 6.07) is 10.7. The van der Waals surface area contributed by atoms with Gasteiger partial charge in [-0.1, -0.05) is 13.3 Å². The van der Waals surface area contributed by atoms with Crippen LogP contribution in [0, 0.1) is 0 Å². The van der Waals surface area contributed by atoms with Crippen LogP contribution in [-0.4, -0.2) is 24.6 Å². The van der Waals surface area contributed by atoms with Gasteiger partial charge < -0.3 is 14.5 Å². The van der Waals surface area contributed by atoms with E-state index in [1.807, 2.05) is 24.3 Å². The molecule has 0 spiro atoms. The van der Waals surface area contributed by atoms with Gasteiger partial charge in [-0.05, 0) is 48.4 Å². The lowest BCUT2D eigenvalue weighted by atomic mass is 10.2. The van der Waals surface area contributed by atoms with Crippen molar-refractivity contribution in [2.45, 2.75) is 26.3 Å². The Labute approximate surface area is 146 Å². The fourth-order valence-corrected chi connectivity index (χ4v) is 1.86. The lowest BCUT2D eigenvalue weighted by molar-refractivity contribution is -0.139. The SMILES string of the molecule is CCCCOc1ccc(/C=N\NC(=O)C(=O)NCc2ccco2)cc1. The fourth-order valence-electron chi connectivity index (χ4n) is 1.86. The summed E-state index contributed by atoms with van der Waals surface area (Å²) in [4.78, 5) is 23.2. The number of benzene rings is 1. The van der Waals surface area contributed by atoms with Crippen LogP contribution in [-0.2, 0) is 16.1 Å². The van der Waals surface area contributed by atoms with Crippen LogP contribution in [0.4, 0.5) is 0 Å². The van der Waals surface area contributed by atoms with Gasteiger partial charge in [0.15, 0.2) is 0 Å². The van der Waals surface area contributed by atoms with E-state index in [2.05, 4.69) is 22.8 Å². The molecule has 7 heteroatoms. The molecule has 0 aliphatic carbocycles. The minimum atomic E-state index is -0.845. The summed E-state index contributed by atoms with van der Waals surface area (Å²) < 4.78 is 10.6. The Hall–Kier alpha value is -3.09. The average Bonchev–Trinajstić information content (AvgIpc) is 3.14. The first-order valence-corrected chi connectivity index (χ1v) is 8.05. The van der Waals surface area contributed by atoms with Crippen LogP contribution in [0.25, 0.3) is 0 Å². The van der Waals surface area contributed by atoms with Gasteiger partial charge in [-0.2, -0.15) is 5.10 Å². The standard InChI is InChI=1S/C18H21N3O4/c1-2-3-10-24-15-8-6-14(7-9-15)12-20-21-18(23)17(22)19-13-16-5-4-11-25-16/h4-9,11-12H,2-3,10,13H2,1H3,(H,19,22)(H,21,23)/b20-12-. The van der Waals surface area contributed by atoms with Crippen LogP contribution < -0.4 is 15.5 Å². The topological polar surface area (TPSA) is 92.9 Å². The summed E-state index contributed by atoms with van der Waals surface area (Å²) in [6.45, 7) is 2.93. The summed E-state index contributed by atoms with van der Waals surface area (Å²) in [5.74, 6) is -0.284. The maximum atomic E-state index is 11.6. The maximum absolute atomic E-state index is 11.6. The van der Waals surface area contributed by atoms with Crippen LogP contribution >= 0.6 is 0 Å². The molecule has 0 atom stereocenters. The van der Waals surface area contributed by atoms with E-state index >= 15 is 0 Å². The van der Waals surface area contributed by atoms with Gasteiger partial charge in [0, 0.05) is 0 Å². The molecule has 0 saturated carbocycles. The van der Waals surface area contributed by atoms with Crippen molar-refractivity contribution >= 4 is 18.0 Å². The largest absolute Gasteiger partial charge is 0.494 e. The van der Waals surface area contributed by atoms with Crippen LogP contribution in [0.1, 0.15) is 31.1 Å². The number of carbonyl (C=O) groups is 2. The third-order valence-electron chi connectivity index (χ3n) is 3.24. The number of furan rings is 1. The number of unbranched alkanes of at least 4 members (excludes halogenated alkanes) is 1. The minimum absolute atomic E-state index is 0.141. The monoisotopic (exact) mass is 343 g/mol. The number of hydrogen-bond donors (Lipinski definition) is 2. The Morgan fingerprint density at radius 1 is 1.20 bits per heavy atom. The van der Waals surface area contributed by atoms with Gasteiger partial charge in [0.25, 0.3) is 0 Å². The zero-order chi connectivity index (χ0) is 17.9. The number of carbonyl (C=O) groups excluding carboxylic acids is 2. The quantitative estimate of drug-likeness (QED) is 0.333. The van der Waals surface area contributed by atoms with E-state index < -0.39 is 11.8 Å². The molecular formula is C18H21N3O4. The molecule has 0 fully saturated rings. The summed E-state index contributed by atoms with van der Waals surface area (Å²) in [6.07, 6.45) is 5.04. The van der Waals surface area contributed by atoms with E-state index in [4.69, 9.17) is 9.15 Å². The van der Waals surface area contributed by atoms with Gasteiger partial charge in [0.1, 0.15) is 11.5 Å². The second-order valence-corrected chi connectivity index (χ2v) is 5.23. The van der Waals surface area contributed by atoms with E-state index in [0.717, 1.165) is 24.2 Å². The van der Waals surface area contributed by atoms with E-state index in [0.29, 0.717) is 12.4 Å². The molecular weight excluding hydrogens is 322 g/mol. The highest BCUT2D eigenvalue weighted by atomic mass is 16.5. The van der Waals surface area contributed by atoms with E-state index in [9.17, 15) is 9.59 Å². The number of amides is 2. The van der Waals surface area contributed by atoms with Crippen LogP contribution in [0.5, 0.6) is 5.75 Å². The highest BCUT2D eigenvalue weighted by Gasteiger charge is 2.12. The van der Waals surface area contributed by atoms with E-state index in [1.165, 1.54) is 12.5 Å².